The zero-order valence-electron chi connectivity index (χ0n) is 18.5. The number of hydrogen-bond acceptors (Lipinski definition) is 6. The van der Waals surface area contributed by atoms with Gasteiger partial charge in [-0.1, -0.05) is 65.2 Å². The second kappa shape index (κ2) is 23.6. The number of aliphatic carboxylic acids is 3. The summed E-state index contributed by atoms with van der Waals surface area (Å²) in [5.41, 5.74) is -0.667. The Morgan fingerprint density at radius 3 is 1.17 bits per heavy atom. The Kier molecular flexibility index (Phi) is 25.9. The summed E-state index contributed by atoms with van der Waals surface area (Å²) >= 11 is 0. The van der Waals surface area contributed by atoms with Gasteiger partial charge in [-0.2, -0.15) is 0 Å². The van der Waals surface area contributed by atoms with Crippen molar-refractivity contribution in [1.82, 2.24) is 0 Å². The van der Waals surface area contributed by atoms with Gasteiger partial charge in [0, 0.05) is 11.8 Å². The van der Waals surface area contributed by atoms with Crippen molar-refractivity contribution in [3.8, 4) is 0 Å². The molecule has 9 nitrogen and oxygen atoms in total. The monoisotopic (exact) mass is 438 g/mol. The van der Waals surface area contributed by atoms with Crippen LogP contribution >= 0.6 is 0 Å². The number of carboxylic acids is 3. The maximum Gasteiger partial charge on any atom is 0.314 e. The zero-order chi connectivity index (χ0) is 23.8. The van der Waals surface area contributed by atoms with Gasteiger partial charge in [0.15, 0.2) is 0 Å². The number of unbranched alkanes of at least 4 members (excludes halogenated alkanes) is 8. The minimum Gasteiger partial charge on any atom is -0.481 e. The first-order chi connectivity index (χ1) is 14.1. The van der Waals surface area contributed by atoms with Crippen LogP contribution in [0.5, 0.6) is 0 Å². The quantitative estimate of drug-likeness (QED) is 0.156. The van der Waals surface area contributed by atoms with Crippen LogP contribution in [0.4, 0.5) is 0 Å². The Balaban J connectivity index is -0.000000393. The van der Waals surface area contributed by atoms with Crippen LogP contribution in [-0.2, 0) is 14.4 Å². The smallest absolute Gasteiger partial charge is 0.314 e. The van der Waals surface area contributed by atoms with E-state index in [1.807, 2.05) is 6.92 Å². The molecule has 0 aromatic carbocycles. The van der Waals surface area contributed by atoms with Crippen molar-refractivity contribution in [3.63, 3.8) is 0 Å². The van der Waals surface area contributed by atoms with Crippen LogP contribution < -0.4 is 0 Å². The van der Waals surface area contributed by atoms with Gasteiger partial charge in [0.2, 0.25) is 0 Å². The second-order valence-electron chi connectivity index (χ2n) is 7.26. The third-order valence-electron chi connectivity index (χ3n) is 4.55. The van der Waals surface area contributed by atoms with Crippen LogP contribution in [0.1, 0.15) is 90.9 Å². The lowest BCUT2D eigenvalue weighted by Crippen LogP contribution is -2.32. The van der Waals surface area contributed by atoms with E-state index >= 15 is 0 Å². The normalized spacial score (nSPS) is 10.3. The zero-order valence-corrected chi connectivity index (χ0v) is 18.5. The minimum absolute atomic E-state index is 0.156. The maximum atomic E-state index is 10.2. The summed E-state index contributed by atoms with van der Waals surface area (Å²) in [6.45, 7) is 3.58. The molecule has 0 heterocycles. The standard InChI is InChI=1S/C12H24O2.C6H14O3.C3H4O4/c1-2-3-4-5-6-7-8-9-10-11-12(13)14;1-2-6(3-7,4-8)5-9;4-2(5)1-3(6)7/h2-11H2,1H3,(H,13,14);7-9H,2-5H2,1H3;1H2,(H,4,5)(H,6,7). The van der Waals surface area contributed by atoms with E-state index in [0.29, 0.717) is 12.8 Å². The molecule has 9 heteroatoms. The van der Waals surface area contributed by atoms with E-state index < -0.39 is 29.7 Å². The van der Waals surface area contributed by atoms with E-state index in [2.05, 4.69) is 6.92 Å². The molecule has 0 radical (unpaired) electrons. The molecule has 6 N–H and O–H groups in total. The first kappa shape index (κ1) is 32.9. The number of carbonyl (C=O) groups is 3. The molecular formula is C21H42O9. The van der Waals surface area contributed by atoms with Crippen LogP contribution in [-0.4, -0.2) is 68.4 Å². The molecule has 0 aliphatic heterocycles. The Morgan fingerprint density at radius 2 is 0.967 bits per heavy atom. The number of hydrogen-bond donors (Lipinski definition) is 6. The lowest BCUT2D eigenvalue weighted by Gasteiger charge is -2.24. The molecule has 0 amide bonds. The fraction of sp³-hybridized carbons (Fsp3) is 0.857. The van der Waals surface area contributed by atoms with E-state index in [4.69, 9.17) is 30.6 Å². The Bertz CT molecular complexity index is 391. The summed E-state index contributed by atoms with van der Waals surface area (Å²) in [6.07, 6.45) is 11.3. The molecule has 0 saturated heterocycles. The van der Waals surface area contributed by atoms with Gasteiger partial charge in [-0.25, -0.2) is 0 Å². The number of rotatable bonds is 16. The molecule has 0 aliphatic carbocycles. The van der Waals surface area contributed by atoms with Gasteiger partial charge in [0.25, 0.3) is 0 Å². The molecule has 180 valence electrons. The highest BCUT2D eigenvalue weighted by molar-refractivity contribution is 5.88. The van der Waals surface area contributed by atoms with Gasteiger partial charge in [0.05, 0.1) is 19.8 Å². The fourth-order valence-electron chi connectivity index (χ4n) is 2.20. The maximum absolute atomic E-state index is 10.2. The van der Waals surface area contributed by atoms with Crippen molar-refractivity contribution in [3.05, 3.63) is 0 Å². The summed E-state index contributed by atoms with van der Waals surface area (Å²) in [7, 11) is 0. The van der Waals surface area contributed by atoms with Gasteiger partial charge < -0.3 is 30.6 Å². The lowest BCUT2D eigenvalue weighted by molar-refractivity contribution is -0.147. The van der Waals surface area contributed by atoms with Gasteiger partial charge in [0.1, 0.15) is 6.42 Å². The highest BCUT2D eigenvalue weighted by Gasteiger charge is 2.24. The van der Waals surface area contributed by atoms with E-state index in [0.717, 1.165) is 12.8 Å². The summed E-state index contributed by atoms with van der Waals surface area (Å²) in [5.74, 6) is -3.28. The minimum atomic E-state index is -1.31. The van der Waals surface area contributed by atoms with Crippen molar-refractivity contribution in [1.29, 1.82) is 0 Å². The van der Waals surface area contributed by atoms with E-state index in [1.165, 1.54) is 44.9 Å². The van der Waals surface area contributed by atoms with E-state index in [-0.39, 0.29) is 19.8 Å². The highest BCUT2D eigenvalue weighted by atomic mass is 16.4. The van der Waals surface area contributed by atoms with Gasteiger partial charge in [-0.15, -0.1) is 0 Å². The van der Waals surface area contributed by atoms with E-state index in [1.54, 1.807) is 0 Å². The van der Waals surface area contributed by atoms with Gasteiger partial charge >= 0.3 is 17.9 Å². The van der Waals surface area contributed by atoms with Crippen molar-refractivity contribution in [2.75, 3.05) is 19.8 Å². The van der Waals surface area contributed by atoms with Crippen molar-refractivity contribution < 1.29 is 45.0 Å². The fourth-order valence-corrected chi connectivity index (χ4v) is 2.20. The predicted molar refractivity (Wildman–Crippen MR) is 113 cm³/mol. The Labute approximate surface area is 179 Å². The third kappa shape index (κ3) is 26.3. The van der Waals surface area contributed by atoms with Crippen LogP contribution in [0.15, 0.2) is 0 Å². The summed E-state index contributed by atoms with van der Waals surface area (Å²) < 4.78 is 0. The SMILES string of the molecule is CCC(CO)(CO)CO.CCCCCCCCCCCC(=O)O.O=C(O)CC(=O)O. The highest BCUT2D eigenvalue weighted by Crippen LogP contribution is 2.18. The van der Waals surface area contributed by atoms with Crippen molar-refractivity contribution in [2.24, 2.45) is 5.41 Å². The molecule has 0 rings (SSSR count). The van der Waals surface area contributed by atoms with Crippen LogP contribution in [0.2, 0.25) is 0 Å². The summed E-state index contributed by atoms with van der Waals surface area (Å²) in [5, 5.41) is 49.8. The largest absolute Gasteiger partial charge is 0.481 e. The molecule has 0 saturated carbocycles. The second-order valence-corrected chi connectivity index (χ2v) is 7.26. The Morgan fingerprint density at radius 1 is 0.600 bits per heavy atom. The molecule has 0 aliphatic rings. The number of aliphatic hydroxyl groups excluding tert-OH is 3. The molecule has 0 atom stereocenters. The van der Waals surface area contributed by atoms with Crippen LogP contribution in [0, 0.1) is 5.41 Å². The number of carboxylic acid groups (broad SMARTS) is 3. The summed E-state index contributed by atoms with van der Waals surface area (Å²) in [4.78, 5) is 29.1. The predicted octanol–water partition coefficient (Wildman–Crippen LogP) is 2.90. The topological polar surface area (TPSA) is 173 Å². The molecule has 0 bridgehead atoms. The Hall–Kier alpha value is -1.71. The van der Waals surface area contributed by atoms with Crippen LogP contribution in [0.3, 0.4) is 0 Å². The number of aliphatic hydroxyl groups is 3. The third-order valence-corrected chi connectivity index (χ3v) is 4.55. The first-order valence-corrected chi connectivity index (χ1v) is 10.6. The molecule has 30 heavy (non-hydrogen) atoms. The molecule has 0 aromatic heterocycles. The van der Waals surface area contributed by atoms with Gasteiger partial charge in [-0.05, 0) is 12.8 Å². The molecule has 0 fully saturated rings. The first-order valence-electron chi connectivity index (χ1n) is 10.6. The average molecular weight is 439 g/mol. The average Bonchev–Trinajstić information content (AvgIpc) is 2.69. The van der Waals surface area contributed by atoms with Crippen molar-refractivity contribution >= 4 is 17.9 Å². The van der Waals surface area contributed by atoms with Crippen molar-refractivity contribution in [2.45, 2.75) is 90.9 Å². The molecule has 0 unspecified atom stereocenters. The summed E-state index contributed by atoms with van der Waals surface area (Å²) in [6, 6.07) is 0. The molecule has 0 spiro atoms. The molecule has 0 aromatic rings. The molecular weight excluding hydrogens is 396 g/mol. The van der Waals surface area contributed by atoms with Crippen LogP contribution in [0.25, 0.3) is 0 Å². The lowest BCUT2D eigenvalue weighted by atomic mass is 9.88. The van der Waals surface area contributed by atoms with E-state index in [9.17, 15) is 14.4 Å². The van der Waals surface area contributed by atoms with Gasteiger partial charge in [-0.3, -0.25) is 14.4 Å².